The van der Waals surface area contributed by atoms with Crippen LogP contribution in [0, 0.1) is 0 Å². The molecule has 7 nitrogen and oxygen atoms in total. The maximum Gasteiger partial charge on any atom is 0.416 e. The molecular formula is C24H29F3N4O3. The summed E-state index contributed by atoms with van der Waals surface area (Å²) in [5.74, 6) is -0.188. The summed E-state index contributed by atoms with van der Waals surface area (Å²) in [6, 6.07) is 7.24. The second kappa shape index (κ2) is 10.8. The average molecular weight is 479 g/mol. The molecule has 1 N–H and O–H groups in total. The van der Waals surface area contributed by atoms with Crippen molar-refractivity contribution < 1.29 is 27.4 Å². The molecule has 3 heterocycles. The van der Waals surface area contributed by atoms with E-state index in [-0.39, 0.29) is 30.2 Å². The second-order valence-electron chi connectivity index (χ2n) is 8.75. The quantitative estimate of drug-likeness (QED) is 0.688. The number of hydrogen-bond acceptors (Lipinski definition) is 6. The van der Waals surface area contributed by atoms with Crippen LogP contribution < -0.4 is 5.32 Å². The van der Waals surface area contributed by atoms with Gasteiger partial charge in [0.15, 0.2) is 0 Å². The highest BCUT2D eigenvalue weighted by Crippen LogP contribution is 2.30. The lowest BCUT2D eigenvalue weighted by atomic mass is 9.99. The molecule has 34 heavy (non-hydrogen) atoms. The van der Waals surface area contributed by atoms with Crippen LogP contribution in [0.3, 0.4) is 0 Å². The molecule has 10 heteroatoms. The van der Waals surface area contributed by atoms with Crippen molar-refractivity contribution in [2.24, 2.45) is 0 Å². The zero-order valence-corrected chi connectivity index (χ0v) is 19.1. The summed E-state index contributed by atoms with van der Waals surface area (Å²) in [6.07, 6.45) is -0.356. The number of alkyl halides is 3. The molecule has 4 rings (SSSR count). The maximum atomic E-state index is 13.0. The molecule has 0 aliphatic carbocycles. The van der Waals surface area contributed by atoms with Crippen LogP contribution in [0.25, 0.3) is 0 Å². The van der Waals surface area contributed by atoms with Gasteiger partial charge in [0.25, 0.3) is 5.91 Å². The number of methoxy groups -OCH3 is 1. The van der Waals surface area contributed by atoms with Crippen molar-refractivity contribution in [1.29, 1.82) is 0 Å². The van der Waals surface area contributed by atoms with Crippen LogP contribution in [0.1, 0.15) is 46.6 Å². The van der Waals surface area contributed by atoms with Gasteiger partial charge in [-0.05, 0) is 37.0 Å². The third-order valence-electron chi connectivity index (χ3n) is 6.42. The van der Waals surface area contributed by atoms with E-state index >= 15 is 0 Å². The van der Waals surface area contributed by atoms with E-state index in [0.29, 0.717) is 43.6 Å². The molecular weight excluding hydrogens is 449 g/mol. The van der Waals surface area contributed by atoms with Gasteiger partial charge in [0.1, 0.15) is 12.0 Å². The monoisotopic (exact) mass is 478 g/mol. The van der Waals surface area contributed by atoms with Gasteiger partial charge in [-0.15, -0.1) is 0 Å². The fourth-order valence-electron chi connectivity index (χ4n) is 4.53. The molecule has 0 unspecified atom stereocenters. The molecule has 2 fully saturated rings. The first-order valence-electron chi connectivity index (χ1n) is 11.5. The minimum Gasteiger partial charge on any atom is -0.379 e. The average Bonchev–Trinajstić information content (AvgIpc) is 2.84. The predicted molar refractivity (Wildman–Crippen MR) is 118 cm³/mol. The van der Waals surface area contributed by atoms with Crippen LogP contribution in [0.5, 0.6) is 0 Å². The Morgan fingerprint density at radius 2 is 2.00 bits per heavy atom. The van der Waals surface area contributed by atoms with Gasteiger partial charge in [-0.2, -0.15) is 13.2 Å². The summed E-state index contributed by atoms with van der Waals surface area (Å²) in [7, 11) is 1.69. The van der Waals surface area contributed by atoms with Gasteiger partial charge in [0.2, 0.25) is 0 Å². The number of benzene rings is 1. The van der Waals surface area contributed by atoms with Gasteiger partial charge in [-0.3, -0.25) is 4.79 Å². The third-order valence-corrected chi connectivity index (χ3v) is 6.42. The molecule has 2 aromatic rings. The second-order valence-corrected chi connectivity index (χ2v) is 8.75. The molecule has 2 saturated heterocycles. The smallest absolute Gasteiger partial charge is 0.379 e. The van der Waals surface area contributed by atoms with Gasteiger partial charge >= 0.3 is 6.18 Å². The molecule has 184 valence electrons. The lowest BCUT2D eigenvalue weighted by Crippen LogP contribution is -2.54. The molecule has 0 radical (unpaired) electrons. The molecule has 2 aliphatic heterocycles. The van der Waals surface area contributed by atoms with Crippen LogP contribution in [0.2, 0.25) is 0 Å². The molecule has 0 saturated carbocycles. The lowest BCUT2D eigenvalue weighted by Gasteiger charge is -2.38. The van der Waals surface area contributed by atoms with Crippen molar-refractivity contribution in [2.75, 3.05) is 33.4 Å². The van der Waals surface area contributed by atoms with Crippen molar-refractivity contribution >= 4 is 5.91 Å². The van der Waals surface area contributed by atoms with E-state index in [1.165, 1.54) is 12.4 Å². The molecule has 1 aromatic carbocycles. The Morgan fingerprint density at radius 1 is 1.21 bits per heavy atom. The van der Waals surface area contributed by atoms with E-state index in [2.05, 4.69) is 15.3 Å². The number of nitrogens with zero attached hydrogens (tertiary/aromatic N) is 3. The standard InChI is InChI=1S/C24H29F3N4O3/c1-33-22-14-34-10-7-20(22)30-18-5-8-31(9-6-18)23(32)21-13-19(28-15-29-21)12-16-3-2-4-17(11-16)24(25,26)27/h2-4,11,13,15,18,20,22,30H,5-10,12,14H2,1H3/t20-,22+/m1/s1. The molecule has 0 spiro atoms. The number of nitrogens with one attached hydrogen (secondary N) is 1. The summed E-state index contributed by atoms with van der Waals surface area (Å²) in [5.41, 5.74) is 0.525. The van der Waals surface area contributed by atoms with E-state index in [9.17, 15) is 18.0 Å². The zero-order chi connectivity index (χ0) is 24.1. The normalized spacial score (nSPS) is 22.1. The molecule has 1 aromatic heterocycles. The summed E-state index contributed by atoms with van der Waals surface area (Å²) in [4.78, 5) is 23.1. The van der Waals surface area contributed by atoms with E-state index in [1.807, 2.05) is 0 Å². The SMILES string of the molecule is CO[C@H]1COCC[C@H]1NC1CCN(C(=O)c2cc(Cc3cccc(C(F)(F)F)c3)ncn2)CC1. The summed E-state index contributed by atoms with van der Waals surface area (Å²) < 4.78 is 50.0. The Balaban J connectivity index is 1.34. The minimum absolute atomic E-state index is 0.0321. The van der Waals surface area contributed by atoms with Crippen LogP contribution in [0.4, 0.5) is 13.2 Å². The van der Waals surface area contributed by atoms with Crippen molar-refractivity contribution in [3.8, 4) is 0 Å². The number of likely N-dealkylation sites (tertiary alicyclic amines) is 1. The van der Waals surface area contributed by atoms with E-state index in [1.54, 1.807) is 24.1 Å². The fraction of sp³-hybridized carbons (Fsp3) is 0.542. The van der Waals surface area contributed by atoms with E-state index in [4.69, 9.17) is 9.47 Å². The van der Waals surface area contributed by atoms with Crippen LogP contribution in [0.15, 0.2) is 36.7 Å². The van der Waals surface area contributed by atoms with Crippen molar-refractivity contribution in [2.45, 2.75) is 50.0 Å². The van der Waals surface area contributed by atoms with Crippen molar-refractivity contribution in [3.05, 3.63) is 59.2 Å². The summed E-state index contributed by atoms with van der Waals surface area (Å²) in [6.45, 7) is 2.50. The Hall–Kier alpha value is -2.56. The highest BCUT2D eigenvalue weighted by molar-refractivity contribution is 5.92. The first-order chi connectivity index (χ1) is 16.3. The van der Waals surface area contributed by atoms with Crippen molar-refractivity contribution in [1.82, 2.24) is 20.2 Å². The minimum atomic E-state index is -4.40. The first kappa shape index (κ1) is 24.6. The highest BCUT2D eigenvalue weighted by Gasteiger charge is 2.31. The van der Waals surface area contributed by atoms with Gasteiger partial charge in [-0.25, -0.2) is 9.97 Å². The van der Waals surface area contributed by atoms with Gasteiger partial charge < -0.3 is 19.7 Å². The molecule has 0 bridgehead atoms. The van der Waals surface area contributed by atoms with Gasteiger partial charge in [0.05, 0.1) is 18.3 Å². The first-order valence-corrected chi connectivity index (χ1v) is 11.5. The molecule has 2 atom stereocenters. The van der Waals surface area contributed by atoms with Crippen LogP contribution in [-0.4, -0.2) is 72.4 Å². The molecule has 2 aliphatic rings. The summed E-state index contributed by atoms with van der Waals surface area (Å²) >= 11 is 0. The maximum absolute atomic E-state index is 13.0. The van der Waals surface area contributed by atoms with E-state index in [0.717, 1.165) is 31.4 Å². The van der Waals surface area contributed by atoms with E-state index < -0.39 is 11.7 Å². The number of carbonyl (C=O) groups is 1. The van der Waals surface area contributed by atoms with Gasteiger partial charge in [0, 0.05) is 51.0 Å². The lowest BCUT2D eigenvalue weighted by molar-refractivity contribution is -0.137. The fourth-order valence-corrected chi connectivity index (χ4v) is 4.53. The number of carbonyl (C=O) groups excluding carboxylic acids is 1. The Morgan fingerprint density at radius 3 is 2.74 bits per heavy atom. The highest BCUT2D eigenvalue weighted by atomic mass is 19.4. The molecule has 1 amide bonds. The predicted octanol–water partition coefficient (Wildman–Crippen LogP) is 3.08. The van der Waals surface area contributed by atoms with Gasteiger partial charge in [-0.1, -0.05) is 18.2 Å². The van der Waals surface area contributed by atoms with Crippen LogP contribution in [-0.2, 0) is 22.1 Å². The third kappa shape index (κ3) is 6.11. The topological polar surface area (TPSA) is 76.6 Å². The number of amides is 1. The number of rotatable bonds is 6. The Labute approximate surface area is 196 Å². The Bertz CT molecular complexity index is 980. The van der Waals surface area contributed by atoms with Crippen molar-refractivity contribution in [3.63, 3.8) is 0 Å². The largest absolute Gasteiger partial charge is 0.416 e. The zero-order valence-electron chi connectivity index (χ0n) is 19.1. The number of aromatic nitrogens is 2. The number of ether oxygens (including phenoxy) is 2. The number of hydrogen-bond donors (Lipinski definition) is 1. The summed E-state index contributed by atoms with van der Waals surface area (Å²) in [5, 5.41) is 3.66. The number of halogens is 3. The number of piperidine rings is 1. The van der Waals surface area contributed by atoms with Crippen LogP contribution >= 0.6 is 0 Å². The Kier molecular flexibility index (Phi) is 7.80.